The number of carbonyl (C=O) groups excluding carboxylic acids is 1. The second-order valence-electron chi connectivity index (χ2n) is 4.80. The molecule has 1 aromatic rings. The second-order valence-corrected chi connectivity index (χ2v) is 4.80. The molecule has 4 nitrogen and oxygen atoms in total. The van der Waals surface area contributed by atoms with Gasteiger partial charge in [-0.25, -0.2) is 4.79 Å². The van der Waals surface area contributed by atoms with Crippen LogP contribution in [-0.2, 0) is 0 Å². The van der Waals surface area contributed by atoms with E-state index in [0.717, 1.165) is 11.4 Å². The van der Waals surface area contributed by atoms with Gasteiger partial charge in [0, 0.05) is 13.1 Å². The number of ether oxygens (including phenoxy) is 1. The molecule has 0 saturated carbocycles. The van der Waals surface area contributed by atoms with E-state index in [9.17, 15) is 4.79 Å². The normalized spacial score (nSPS) is 10.4. The lowest BCUT2D eigenvalue weighted by atomic mass is 10.2. The van der Waals surface area contributed by atoms with Crippen LogP contribution in [0.3, 0.4) is 0 Å². The Morgan fingerprint density at radius 3 is 2.47 bits per heavy atom. The lowest BCUT2D eigenvalue weighted by Crippen LogP contribution is -2.34. The number of nitrogens with zero attached hydrogens (tertiary/aromatic N) is 1. The third-order valence-electron chi connectivity index (χ3n) is 2.75. The van der Waals surface area contributed by atoms with E-state index in [1.54, 1.807) is 4.90 Å². The van der Waals surface area contributed by atoms with Crippen molar-refractivity contribution < 1.29 is 9.53 Å². The first-order valence-electron chi connectivity index (χ1n) is 6.86. The first kappa shape index (κ1) is 15.3. The van der Waals surface area contributed by atoms with Gasteiger partial charge in [-0.15, -0.1) is 0 Å². The van der Waals surface area contributed by atoms with Crippen LogP contribution in [-0.4, -0.2) is 30.6 Å². The number of anilines is 1. The maximum atomic E-state index is 12.0. The Labute approximate surface area is 115 Å². The van der Waals surface area contributed by atoms with Gasteiger partial charge >= 0.3 is 6.03 Å². The summed E-state index contributed by atoms with van der Waals surface area (Å²) in [5, 5.41) is 2.90. The van der Waals surface area contributed by atoms with Gasteiger partial charge in [-0.05, 0) is 31.9 Å². The summed E-state index contributed by atoms with van der Waals surface area (Å²) in [6.45, 7) is 10.1. The van der Waals surface area contributed by atoms with Crippen LogP contribution in [0.25, 0.3) is 0 Å². The number of rotatable bonds is 6. The molecule has 0 aliphatic carbocycles. The third-order valence-corrected chi connectivity index (χ3v) is 2.75. The summed E-state index contributed by atoms with van der Waals surface area (Å²) in [4.78, 5) is 13.8. The molecule has 0 fully saturated rings. The monoisotopic (exact) mass is 264 g/mol. The number of hydrogen-bond acceptors (Lipinski definition) is 2. The lowest BCUT2D eigenvalue weighted by Gasteiger charge is -2.20. The summed E-state index contributed by atoms with van der Waals surface area (Å²) in [7, 11) is 0. The molecule has 106 valence electrons. The number of para-hydroxylation sites is 2. The van der Waals surface area contributed by atoms with E-state index in [1.807, 2.05) is 38.1 Å². The molecule has 0 aliphatic heterocycles. The number of amides is 2. The van der Waals surface area contributed by atoms with Gasteiger partial charge < -0.3 is 15.0 Å². The summed E-state index contributed by atoms with van der Waals surface area (Å²) >= 11 is 0. The topological polar surface area (TPSA) is 41.6 Å². The molecule has 4 heteroatoms. The Balaban J connectivity index is 2.74. The van der Waals surface area contributed by atoms with Crippen LogP contribution in [0.2, 0.25) is 0 Å². The molecule has 1 N–H and O–H groups in total. The zero-order chi connectivity index (χ0) is 14.3. The summed E-state index contributed by atoms with van der Waals surface area (Å²) in [6.07, 6.45) is 0. The van der Waals surface area contributed by atoms with Gasteiger partial charge in [0.15, 0.2) is 0 Å². The van der Waals surface area contributed by atoms with Gasteiger partial charge in [0.25, 0.3) is 0 Å². The predicted octanol–water partition coefficient (Wildman–Crippen LogP) is 3.60. The van der Waals surface area contributed by atoms with Crippen LogP contribution in [0.1, 0.15) is 27.7 Å². The average Bonchev–Trinajstić information content (AvgIpc) is 2.39. The largest absolute Gasteiger partial charge is 0.491 e. The molecule has 0 unspecified atom stereocenters. The number of carbonyl (C=O) groups is 1. The number of urea groups is 1. The van der Waals surface area contributed by atoms with Gasteiger partial charge in [-0.2, -0.15) is 0 Å². The Bertz CT molecular complexity index is 401. The summed E-state index contributed by atoms with van der Waals surface area (Å²) < 4.78 is 5.71. The van der Waals surface area contributed by atoms with Crippen LogP contribution in [0, 0.1) is 5.92 Å². The molecule has 0 spiro atoms. The highest BCUT2D eigenvalue weighted by molar-refractivity contribution is 5.90. The zero-order valence-electron chi connectivity index (χ0n) is 12.3. The molecule has 0 aliphatic rings. The van der Waals surface area contributed by atoms with Crippen molar-refractivity contribution in [2.45, 2.75) is 27.7 Å². The minimum Gasteiger partial charge on any atom is -0.491 e. The highest BCUT2D eigenvalue weighted by atomic mass is 16.5. The molecule has 0 aromatic heterocycles. The molecule has 2 amide bonds. The number of hydrogen-bond donors (Lipinski definition) is 1. The molecule has 1 aromatic carbocycles. The number of nitrogens with one attached hydrogen (secondary N) is 1. The maximum absolute atomic E-state index is 12.0. The Morgan fingerprint density at radius 1 is 1.26 bits per heavy atom. The minimum absolute atomic E-state index is 0.0920. The van der Waals surface area contributed by atoms with Gasteiger partial charge in [0.2, 0.25) is 0 Å². The SMILES string of the molecule is CCN(CC)C(=O)Nc1ccccc1OCC(C)C. The van der Waals surface area contributed by atoms with Crippen LogP contribution >= 0.6 is 0 Å². The van der Waals surface area contributed by atoms with E-state index in [4.69, 9.17) is 4.74 Å². The van der Waals surface area contributed by atoms with Crippen molar-refractivity contribution in [3.8, 4) is 5.75 Å². The highest BCUT2D eigenvalue weighted by Crippen LogP contribution is 2.24. The van der Waals surface area contributed by atoms with E-state index in [1.165, 1.54) is 0 Å². The fourth-order valence-electron chi connectivity index (χ4n) is 1.66. The molecule has 0 bridgehead atoms. The zero-order valence-corrected chi connectivity index (χ0v) is 12.3. The Hall–Kier alpha value is -1.71. The van der Waals surface area contributed by atoms with Gasteiger partial charge in [-0.1, -0.05) is 26.0 Å². The van der Waals surface area contributed by atoms with E-state index in [0.29, 0.717) is 25.6 Å². The fraction of sp³-hybridized carbons (Fsp3) is 0.533. The fourth-order valence-corrected chi connectivity index (χ4v) is 1.66. The molecule has 0 heterocycles. The maximum Gasteiger partial charge on any atom is 0.321 e. The minimum atomic E-state index is -0.0920. The second kappa shape index (κ2) is 7.67. The van der Waals surface area contributed by atoms with Crippen LogP contribution in [0.4, 0.5) is 10.5 Å². The van der Waals surface area contributed by atoms with Crippen molar-refractivity contribution in [1.82, 2.24) is 4.90 Å². The smallest absolute Gasteiger partial charge is 0.321 e. The lowest BCUT2D eigenvalue weighted by molar-refractivity contribution is 0.217. The van der Waals surface area contributed by atoms with E-state index < -0.39 is 0 Å². The first-order valence-corrected chi connectivity index (χ1v) is 6.86. The molecule has 0 saturated heterocycles. The molecule has 19 heavy (non-hydrogen) atoms. The number of benzene rings is 1. The molecule has 0 atom stereocenters. The standard InChI is InChI=1S/C15H24N2O2/c1-5-17(6-2)15(18)16-13-9-7-8-10-14(13)19-11-12(3)4/h7-10,12H,5-6,11H2,1-4H3,(H,16,18). The summed E-state index contributed by atoms with van der Waals surface area (Å²) in [5.41, 5.74) is 0.722. The van der Waals surface area contributed by atoms with Crippen molar-refractivity contribution in [3.63, 3.8) is 0 Å². The van der Waals surface area contributed by atoms with Crippen molar-refractivity contribution >= 4 is 11.7 Å². The summed E-state index contributed by atoms with van der Waals surface area (Å²) in [5.74, 6) is 1.17. The Kier molecular flexibility index (Phi) is 6.19. The van der Waals surface area contributed by atoms with E-state index in [-0.39, 0.29) is 6.03 Å². The summed E-state index contributed by atoms with van der Waals surface area (Å²) in [6, 6.07) is 7.44. The van der Waals surface area contributed by atoms with Crippen molar-refractivity contribution in [3.05, 3.63) is 24.3 Å². The van der Waals surface area contributed by atoms with E-state index in [2.05, 4.69) is 19.2 Å². The van der Waals surface area contributed by atoms with Crippen LogP contribution in [0.5, 0.6) is 5.75 Å². The van der Waals surface area contributed by atoms with Crippen molar-refractivity contribution in [2.75, 3.05) is 25.0 Å². The quantitative estimate of drug-likeness (QED) is 0.853. The van der Waals surface area contributed by atoms with Gasteiger partial charge in [0.05, 0.1) is 12.3 Å². The molecule has 1 rings (SSSR count). The average molecular weight is 264 g/mol. The van der Waals surface area contributed by atoms with Crippen molar-refractivity contribution in [2.24, 2.45) is 5.92 Å². The van der Waals surface area contributed by atoms with Crippen molar-refractivity contribution in [1.29, 1.82) is 0 Å². The Morgan fingerprint density at radius 2 is 1.89 bits per heavy atom. The molecule has 0 radical (unpaired) electrons. The van der Waals surface area contributed by atoms with E-state index >= 15 is 0 Å². The first-order chi connectivity index (χ1) is 9.08. The molecular weight excluding hydrogens is 240 g/mol. The van der Waals surface area contributed by atoms with Crippen LogP contribution < -0.4 is 10.1 Å². The third kappa shape index (κ3) is 4.81. The van der Waals surface area contributed by atoms with Gasteiger partial charge in [0.1, 0.15) is 5.75 Å². The predicted molar refractivity (Wildman–Crippen MR) is 78.7 cm³/mol. The highest BCUT2D eigenvalue weighted by Gasteiger charge is 2.12. The molecular formula is C15H24N2O2. The van der Waals surface area contributed by atoms with Crippen LogP contribution in [0.15, 0.2) is 24.3 Å². The van der Waals surface area contributed by atoms with Gasteiger partial charge in [-0.3, -0.25) is 0 Å².